The molecule has 2 rings (SSSR count). The second-order valence-electron chi connectivity index (χ2n) is 4.16. The second kappa shape index (κ2) is 4.37. The lowest BCUT2D eigenvalue weighted by Gasteiger charge is -2.19. The van der Waals surface area contributed by atoms with Crippen molar-refractivity contribution in [2.45, 2.75) is 19.4 Å². The average Bonchev–Trinajstić information content (AvgIpc) is 2.80. The highest BCUT2D eigenvalue weighted by atomic mass is 32.1. The fourth-order valence-electron chi connectivity index (χ4n) is 1.48. The summed E-state index contributed by atoms with van der Waals surface area (Å²) in [6.07, 6.45) is 0. The summed E-state index contributed by atoms with van der Waals surface area (Å²) in [6.45, 7) is 3.93. The van der Waals surface area contributed by atoms with Crippen LogP contribution >= 0.6 is 11.3 Å². The van der Waals surface area contributed by atoms with Gasteiger partial charge < -0.3 is 0 Å². The van der Waals surface area contributed by atoms with Crippen LogP contribution in [-0.4, -0.2) is 0 Å². The second-order valence-corrected chi connectivity index (χ2v) is 5.24. The van der Waals surface area contributed by atoms with E-state index >= 15 is 0 Å². The predicted octanol–water partition coefficient (Wildman–Crippen LogP) is 3.54. The molecule has 0 saturated heterocycles. The van der Waals surface area contributed by atoms with Crippen molar-refractivity contribution in [2.75, 3.05) is 0 Å². The van der Waals surface area contributed by atoms with Crippen LogP contribution in [0.25, 0.3) is 10.4 Å². The Kier molecular flexibility index (Phi) is 3.10. The Morgan fingerprint density at radius 2 is 1.75 bits per heavy atom. The summed E-state index contributed by atoms with van der Waals surface area (Å²) in [6, 6.07) is 14.5. The quantitative estimate of drug-likeness (QED) is 0.823. The Balaban J connectivity index is 2.34. The molecule has 0 atom stereocenters. The van der Waals surface area contributed by atoms with E-state index in [2.05, 4.69) is 24.3 Å². The van der Waals surface area contributed by atoms with E-state index in [4.69, 9.17) is 10.7 Å². The summed E-state index contributed by atoms with van der Waals surface area (Å²) >= 11 is 1.71. The molecular formula is C13H15NOS. The summed E-state index contributed by atoms with van der Waals surface area (Å²) in [7, 11) is 0. The third-order valence-electron chi connectivity index (χ3n) is 2.55. The van der Waals surface area contributed by atoms with E-state index in [1.54, 1.807) is 11.3 Å². The molecule has 0 fully saturated rings. The van der Waals surface area contributed by atoms with Crippen molar-refractivity contribution < 1.29 is 4.84 Å². The zero-order valence-corrected chi connectivity index (χ0v) is 10.3. The predicted molar refractivity (Wildman–Crippen MR) is 68.1 cm³/mol. The molecule has 16 heavy (non-hydrogen) atoms. The normalized spacial score (nSPS) is 11.7. The van der Waals surface area contributed by atoms with Crippen molar-refractivity contribution in [1.29, 1.82) is 0 Å². The highest BCUT2D eigenvalue weighted by Gasteiger charge is 2.22. The van der Waals surface area contributed by atoms with Gasteiger partial charge in [0.1, 0.15) is 5.60 Å². The van der Waals surface area contributed by atoms with Crippen molar-refractivity contribution >= 4 is 11.3 Å². The van der Waals surface area contributed by atoms with Gasteiger partial charge in [-0.3, -0.25) is 4.84 Å². The van der Waals surface area contributed by atoms with E-state index in [9.17, 15) is 0 Å². The molecule has 0 saturated carbocycles. The Labute approximate surface area is 99.6 Å². The highest BCUT2D eigenvalue weighted by Crippen LogP contribution is 2.34. The molecule has 0 aliphatic rings. The molecule has 1 heterocycles. The first-order valence-corrected chi connectivity index (χ1v) is 5.99. The van der Waals surface area contributed by atoms with Gasteiger partial charge in [-0.15, -0.1) is 11.3 Å². The largest absolute Gasteiger partial charge is 0.293 e. The molecule has 2 aromatic rings. The summed E-state index contributed by atoms with van der Waals surface area (Å²) < 4.78 is 0. The third-order valence-corrected chi connectivity index (χ3v) is 3.99. The molecular weight excluding hydrogens is 218 g/mol. The van der Waals surface area contributed by atoms with E-state index < -0.39 is 5.60 Å². The van der Waals surface area contributed by atoms with Gasteiger partial charge >= 0.3 is 0 Å². The molecule has 2 nitrogen and oxygen atoms in total. The molecule has 3 heteroatoms. The van der Waals surface area contributed by atoms with E-state index in [1.165, 1.54) is 10.4 Å². The molecule has 0 amide bonds. The molecule has 1 aromatic carbocycles. The van der Waals surface area contributed by atoms with Crippen LogP contribution in [0, 0.1) is 0 Å². The van der Waals surface area contributed by atoms with Crippen LogP contribution in [0.1, 0.15) is 18.7 Å². The van der Waals surface area contributed by atoms with Crippen LogP contribution in [0.3, 0.4) is 0 Å². The summed E-state index contributed by atoms with van der Waals surface area (Å²) in [5, 5.41) is 0. The van der Waals surface area contributed by atoms with Crippen LogP contribution < -0.4 is 5.90 Å². The minimum atomic E-state index is -0.419. The van der Waals surface area contributed by atoms with E-state index in [-0.39, 0.29) is 0 Å². The lowest BCUT2D eigenvalue weighted by atomic mass is 10.1. The Hall–Kier alpha value is -1.16. The molecule has 0 aliphatic carbocycles. The van der Waals surface area contributed by atoms with Crippen molar-refractivity contribution in [1.82, 2.24) is 0 Å². The van der Waals surface area contributed by atoms with E-state index in [0.717, 1.165) is 4.88 Å². The number of hydrogen-bond acceptors (Lipinski definition) is 3. The van der Waals surface area contributed by atoms with Crippen LogP contribution in [-0.2, 0) is 10.4 Å². The zero-order chi connectivity index (χ0) is 11.6. The van der Waals surface area contributed by atoms with Gasteiger partial charge in [0.2, 0.25) is 0 Å². The molecule has 0 spiro atoms. The highest BCUT2D eigenvalue weighted by molar-refractivity contribution is 7.15. The fourth-order valence-corrected chi connectivity index (χ4v) is 2.53. The van der Waals surface area contributed by atoms with Gasteiger partial charge in [-0.2, -0.15) is 0 Å². The van der Waals surface area contributed by atoms with Crippen LogP contribution in [0.5, 0.6) is 0 Å². The van der Waals surface area contributed by atoms with Gasteiger partial charge in [0, 0.05) is 9.75 Å². The molecule has 0 aliphatic heterocycles. The first kappa shape index (κ1) is 11.3. The van der Waals surface area contributed by atoms with Gasteiger partial charge in [-0.05, 0) is 31.5 Å². The maximum absolute atomic E-state index is 5.29. The molecule has 2 N–H and O–H groups in total. The Bertz CT molecular complexity index is 462. The number of rotatable bonds is 3. The van der Waals surface area contributed by atoms with Crippen molar-refractivity contribution in [2.24, 2.45) is 5.90 Å². The van der Waals surface area contributed by atoms with Gasteiger partial charge in [0.15, 0.2) is 0 Å². The molecule has 0 radical (unpaired) electrons. The lowest BCUT2D eigenvalue weighted by Crippen LogP contribution is -2.23. The topological polar surface area (TPSA) is 35.2 Å². The smallest absolute Gasteiger partial charge is 0.118 e. The number of thiophene rings is 1. The average molecular weight is 233 g/mol. The molecule has 0 bridgehead atoms. The Morgan fingerprint density at radius 1 is 1.06 bits per heavy atom. The van der Waals surface area contributed by atoms with Crippen molar-refractivity contribution in [3.8, 4) is 10.4 Å². The van der Waals surface area contributed by atoms with Crippen LogP contribution in [0.2, 0.25) is 0 Å². The summed E-state index contributed by atoms with van der Waals surface area (Å²) in [5.41, 5.74) is 0.809. The number of nitrogens with two attached hydrogens (primary N) is 1. The van der Waals surface area contributed by atoms with Crippen molar-refractivity contribution in [3.05, 3.63) is 47.3 Å². The molecule has 1 aromatic heterocycles. The summed E-state index contributed by atoms with van der Waals surface area (Å²) in [5.74, 6) is 5.29. The van der Waals surface area contributed by atoms with Gasteiger partial charge in [0.25, 0.3) is 0 Å². The monoisotopic (exact) mass is 233 g/mol. The van der Waals surface area contributed by atoms with Gasteiger partial charge in [-0.1, -0.05) is 30.3 Å². The fraction of sp³-hybridized carbons (Fsp3) is 0.231. The molecule has 84 valence electrons. The minimum absolute atomic E-state index is 0.419. The zero-order valence-electron chi connectivity index (χ0n) is 9.44. The Morgan fingerprint density at radius 3 is 2.38 bits per heavy atom. The van der Waals surface area contributed by atoms with Crippen LogP contribution in [0.15, 0.2) is 42.5 Å². The van der Waals surface area contributed by atoms with Crippen molar-refractivity contribution in [3.63, 3.8) is 0 Å². The van der Waals surface area contributed by atoms with Gasteiger partial charge in [0.05, 0.1) is 0 Å². The number of benzene rings is 1. The first-order valence-electron chi connectivity index (χ1n) is 5.17. The van der Waals surface area contributed by atoms with E-state index in [0.29, 0.717) is 0 Å². The minimum Gasteiger partial charge on any atom is -0.293 e. The van der Waals surface area contributed by atoms with E-state index in [1.807, 2.05) is 32.0 Å². The third kappa shape index (κ3) is 2.16. The SMILES string of the molecule is CC(C)(ON)c1ccc(-c2ccccc2)s1. The standard InChI is InChI=1S/C13H15NOS/c1-13(2,15-14)12-9-8-11(16-12)10-6-4-3-5-7-10/h3-9H,14H2,1-2H3. The van der Waals surface area contributed by atoms with Gasteiger partial charge in [-0.25, -0.2) is 5.90 Å². The first-order chi connectivity index (χ1) is 7.63. The maximum Gasteiger partial charge on any atom is 0.118 e. The maximum atomic E-state index is 5.29. The lowest BCUT2D eigenvalue weighted by molar-refractivity contribution is -0.0208. The summed E-state index contributed by atoms with van der Waals surface area (Å²) in [4.78, 5) is 7.35. The van der Waals surface area contributed by atoms with Crippen LogP contribution in [0.4, 0.5) is 0 Å². The molecule has 0 unspecified atom stereocenters. The number of hydrogen-bond donors (Lipinski definition) is 1.